The smallest absolute Gasteiger partial charge is 0.253 e. The second-order valence-electron chi connectivity index (χ2n) is 7.21. The highest BCUT2D eigenvalue weighted by Crippen LogP contribution is 2.27. The summed E-state index contributed by atoms with van der Waals surface area (Å²) >= 11 is 0. The van der Waals surface area contributed by atoms with Crippen molar-refractivity contribution in [3.8, 4) is 5.75 Å². The van der Waals surface area contributed by atoms with Crippen molar-refractivity contribution in [2.75, 3.05) is 47.4 Å². The molecule has 1 saturated heterocycles. The minimum absolute atomic E-state index is 0.00133. The minimum atomic E-state index is -3.72. The van der Waals surface area contributed by atoms with Gasteiger partial charge in [0.15, 0.2) is 0 Å². The summed E-state index contributed by atoms with van der Waals surface area (Å²) in [7, 11) is 0.601. The van der Waals surface area contributed by atoms with Crippen LogP contribution < -0.4 is 4.74 Å². The van der Waals surface area contributed by atoms with Gasteiger partial charge in [0.1, 0.15) is 10.6 Å². The molecule has 1 aliphatic heterocycles. The van der Waals surface area contributed by atoms with Crippen molar-refractivity contribution in [1.29, 1.82) is 0 Å². The van der Waals surface area contributed by atoms with E-state index in [0.717, 1.165) is 23.9 Å². The molecule has 7 nitrogen and oxygen atoms in total. The average Bonchev–Trinajstić information content (AvgIpc) is 2.74. The maximum Gasteiger partial charge on any atom is 0.253 e. The fraction of sp³-hybridized carbons (Fsp3) is 0.381. The lowest BCUT2D eigenvalue weighted by Crippen LogP contribution is -2.48. The highest BCUT2D eigenvalue weighted by Gasteiger charge is 2.27. The van der Waals surface area contributed by atoms with E-state index in [1.807, 2.05) is 18.2 Å². The lowest BCUT2D eigenvalue weighted by molar-refractivity contribution is 0.0628. The Labute approximate surface area is 172 Å². The third-order valence-corrected chi connectivity index (χ3v) is 6.91. The normalized spacial score (nSPS) is 15.5. The summed E-state index contributed by atoms with van der Waals surface area (Å²) in [6, 6.07) is 14.8. The molecule has 1 fully saturated rings. The Morgan fingerprint density at radius 3 is 2.28 bits per heavy atom. The van der Waals surface area contributed by atoms with E-state index < -0.39 is 10.0 Å². The number of piperazine rings is 1. The van der Waals surface area contributed by atoms with E-state index >= 15 is 0 Å². The predicted octanol–water partition coefficient (Wildman–Crippen LogP) is 1.90. The van der Waals surface area contributed by atoms with Gasteiger partial charge in [0.2, 0.25) is 10.0 Å². The summed E-state index contributed by atoms with van der Waals surface area (Å²) < 4.78 is 31.5. The van der Waals surface area contributed by atoms with E-state index in [1.165, 1.54) is 38.9 Å². The van der Waals surface area contributed by atoms with Gasteiger partial charge in [-0.05, 0) is 23.8 Å². The zero-order valence-electron chi connectivity index (χ0n) is 17.0. The van der Waals surface area contributed by atoms with Crippen LogP contribution >= 0.6 is 0 Å². The van der Waals surface area contributed by atoms with E-state index in [9.17, 15) is 13.2 Å². The number of amides is 1. The van der Waals surface area contributed by atoms with Gasteiger partial charge in [-0.2, -0.15) is 0 Å². The summed E-state index contributed by atoms with van der Waals surface area (Å²) in [5.41, 5.74) is 1.60. The first-order chi connectivity index (χ1) is 13.8. The number of methoxy groups -OCH3 is 1. The van der Waals surface area contributed by atoms with Crippen LogP contribution in [0.2, 0.25) is 0 Å². The van der Waals surface area contributed by atoms with Crippen molar-refractivity contribution >= 4 is 15.9 Å². The quantitative estimate of drug-likeness (QED) is 0.718. The molecule has 156 valence electrons. The Balaban J connectivity index is 1.71. The minimum Gasteiger partial charge on any atom is -0.495 e. The molecule has 2 aromatic rings. The highest BCUT2D eigenvalue weighted by atomic mass is 32.2. The molecule has 0 bridgehead atoms. The largest absolute Gasteiger partial charge is 0.495 e. The van der Waals surface area contributed by atoms with Crippen molar-refractivity contribution in [2.24, 2.45) is 0 Å². The van der Waals surface area contributed by atoms with Gasteiger partial charge in [-0.25, -0.2) is 12.7 Å². The first-order valence-corrected chi connectivity index (χ1v) is 10.9. The fourth-order valence-electron chi connectivity index (χ4n) is 3.34. The van der Waals surface area contributed by atoms with Crippen LogP contribution in [0.25, 0.3) is 0 Å². The number of hydrogen-bond donors (Lipinski definition) is 0. The summed E-state index contributed by atoms with van der Waals surface area (Å²) in [5.74, 6) is 0.0603. The Bertz CT molecular complexity index is 953. The Kier molecular flexibility index (Phi) is 6.56. The molecule has 0 saturated carbocycles. The van der Waals surface area contributed by atoms with Crippen molar-refractivity contribution < 1.29 is 17.9 Å². The van der Waals surface area contributed by atoms with Gasteiger partial charge in [0.25, 0.3) is 5.91 Å². The van der Waals surface area contributed by atoms with Gasteiger partial charge in [0.05, 0.1) is 7.11 Å². The molecule has 0 spiro atoms. The molecular weight excluding hydrogens is 390 g/mol. The number of rotatable bonds is 6. The fourth-order valence-corrected chi connectivity index (χ4v) is 4.42. The molecule has 1 heterocycles. The first kappa shape index (κ1) is 21.3. The monoisotopic (exact) mass is 417 g/mol. The summed E-state index contributed by atoms with van der Waals surface area (Å²) in [5, 5.41) is 0. The zero-order chi connectivity index (χ0) is 21.0. The van der Waals surface area contributed by atoms with Crippen LogP contribution in [-0.4, -0.2) is 75.8 Å². The molecule has 1 aliphatic rings. The molecular formula is C21H27N3O4S. The van der Waals surface area contributed by atoms with Gasteiger partial charge >= 0.3 is 0 Å². The third kappa shape index (κ3) is 4.77. The molecule has 0 radical (unpaired) electrons. The van der Waals surface area contributed by atoms with Crippen LogP contribution in [0.3, 0.4) is 0 Å². The van der Waals surface area contributed by atoms with Gasteiger partial charge in [-0.1, -0.05) is 30.3 Å². The Hall–Kier alpha value is -2.42. The number of sulfonamides is 1. The number of carbonyl (C=O) groups is 1. The summed E-state index contributed by atoms with van der Waals surface area (Å²) in [6.07, 6.45) is 0. The van der Waals surface area contributed by atoms with Crippen molar-refractivity contribution in [3.63, 3.8) is 0 Å². The van der Waals surface area contributed by atoms with Crippen LogP contribution in [0.1, 0.15) is 15.9 Å². The second kappa shape index (κ2) is 8.94. The van der Waals surface area contributed by atoms with Crippen LogP contribution in [0.4, 0.5) is 0 Å². The number of hydrogen-bond acceptors (Lipinski definition) is 5. The molecule has 0 atom stereocenters. The number of benzene rings is 2. The maximum absolute atomic E-state index is 13.0. The maximum atomic E-state index is 13.0. The molecule has 0 aliphatic carbocycles. The molecule has 2 aromatic carbocycles. The third-order valence-electron chi connectivity index (χ3n) is 5.08. The lowest BCUT2D eigenvalue weighted by Gasteiger charge is -2.35. The molecule has 29 heavy (non-hydrogen) atoms. The number of nitrogens with zero attached hydrogens (tertiary/aromatic N) is 3. The van der Waals surface area contributed by atoms with Crippen molar-refractivity contribution in [3.05, 3.63) is 59.7 Å². The van der Waals surface area contributed by atoms with Gasteiger partial charge < -0.3 is 9.64 Å². The SMILES string of the molecule is COc1ccc(C(=O)N2CCN(Cc3ccccc3)CC2)cc1S(=O)(=O)N(C)C. The van der Waals surface area contributed by atoms with Crippen molar-refractivity contribution in [2.45, 2.75) is 11.4 Å². The van der Waals surface area contributed by atoms with E-state index in [-0.39, 0.29) is 16.6 Å². The highest BCUT2D eigenvalue weighted by molar-refractivity contribution is 7.89. The molecule has 0 aromatic heterocycles. The predicted molar refractivity (Wildman–Crippen MR) is 111 cm³/mol. The van der Waals surface area contributed by atoms with Crippen LogP contribution in [0, 0.1) is 0 Å². The first-order valence-electron chi connectivity index (χ1n) is 9.49. The number of ether oxygens (including phenoxy) is 1. The zero-order valence-corrected chi connectivity index (χ0v) is 17.9. The Morgan fingerprint density at radius 1 is 1.03 bits per heavy atom. The van der Waals surface area contributed by atoms with E-state index in [0.29, 0.717) is 18.7 Å². The molecule has 3 rings (SSSR count). The van der Waals surface area contributed by atoms with Gasteiger partial charge in [-0.15, -0.1) is 0 Å². The van der Waals surface area contributed by atoms with Crippen LogP contribution in [0.15, 0.2) is 53.4 Å². The van der Waals surface area contributed by atoms with E-state index in [4.69, 9.17) is 4.74 Å². The van der Waals surface area contributed by atoms with Crippen LogP contribution in [0.5, 0.6) is 5.75 Å². The summed E-state index contributed by atoms with van der Waals surface area (Å²) in [4.78, 5) is 17.1. The topological polar surface area (TPSA) is 70.2 Å². The van der Waals surface area contributed by atoms with Gasteiger partial charge in [0, 0.05) is 52.4 Å². The van der Waals surface area contributed by atoms with E-state index in [1.54, 1.807) is 11.0 Å². The molecule has 0 N–H and O–H groups in total. The van der Waals surface area contributed by atoms with Crippen molar-refractivity contribution in [1.82, 2.24) is 14.1 Å². The van der Waals surface area contributed by atoms with Crippen LogP contribution in [-0.2, 0) is 16.6 Å². The van der Waals surface area contributed by atoms with E-state index in [2.05, 4.69) is 17.0 Å². The Morgan fingerprint density at radius 2 is 1.69 bits per heavy atom. The second-order valence-corrected chi connectivity index (χ2v) is 9.33. The molecule has 0 unspecified atom stereocenters. The average molecular weight is 418 g/mol. The molecule has 8 heteroatoms. The lowest BCUT2D eigenvalue weighted by atomic mass is 10.1. The molecule has 1 amide bonds. The number of carbonyl (C=O) groups excluding carboxylic acids is 1. The van der Waals surface area contributed by atoms with Gasteiger partial charge in [-0.3, -0.25) is 9.69 Å². The summed E-state index contributed by atoms with van der Waals surface area (Å²) in [6.45, 7) is 3.62. The standard InChI is InChI=1S/C21H27N3O4S/c1-22(2)29(26,27)20-15-18(9-10-19(20)28-3)21(25)24-13-11-23(12-14-24)16-17-7-5-4-6-8-17/h4-10,15H,11-14,16H2,1-3H3.